The Labute approximate surface area is 134 Å². The zero-order valence-corrected chi connectivity index (χ0v) is 13.2. The largest absolute Gasteiger partial charge is 0.316 e. The highest BCUT2D eigenvalue weighted by atomic mass is 15.3. The Morgan fingerprint density at radius 1 is 1.00 bits per heavy atom. The molecule has 0 spiro atoms. The van der Waals surface area contributed by atoms with Crippen LogP contribution in [0.25, 0.3) is 0 Å². The van der Waals surface area contributed by atoms with Gasteiger partial charge in [-0.3, -0.25) is 4.90 Å². The smallest absolute Gasteiger partial charge is 0.0580 e. The third-order valence-corrected chi connectivity index (χ3v) is 4.67. The summed E-state index contributed by atoms with van der Waals surface area (Å²) in [6.07, 6.45) is 4.51. The van der Waals surface area contributed by atoms with Crippen molar-refractivity contribution < 1.29 is 0 Å². The maximum Gasteiger partial charge on any atom is 0.0580 e. The molecule has 1 radical (unpaired) electrons. The minimum Gasteiger partial charge on any atom is -0.316 e. The maximum atomic E-state index is 6.43. The molecule has 2 heteroatoms. The molecule has 2 nitrogen and oxygen atoms in total. The zero-order valence-electron chi connectivity index (χ0n) is 13.2. The van der Waals surface area contributed by atoms with E-state index in [1.54, 1.807) is 0 Å². The van der Waals surface area contributed by atoms with Crippen LogP contribution in [-0.4, -0.2) is 17.6 Å². The van der Waals surface area contributed by atoms with Crippen molar-refractivity contribution in [3.8, 4) is 0 Å². The number of hydrogen-bond acceptors (Lipinski definition) is 2. The van der Waals surface area contributed by atoms with Crippen LogP contribution in [0.4, 0.5) is 0 Å². The van der Waals surface area contributed by atoms with Gasteiger partial charge in [-0.1, -0.05) is 67.6 Å². The Morgan fingerprint density at radius 3 is 2.32 bits per heavy atom. The van der Waals surface area contributed by atoms with Crippen LogP contribution in [0.2, 0.25) is 0 Å². The molecule has 3 unspecified atom stereocenters. The van der Waals surface area contributed by atoms with E-state index in [4.69, 9.17) is 5.73 Å². The van der Waals surface area contributed by atoms with Crippen molar-refractivity contribution in [1.82, 2.24) is 4.90 Å². The zero-order chi connectivity index (χ0) is 15.4. The monoisotopic (exact) mass is 293 g/mol. The number of hydrogen-bond donors (Lipinski definition) is 1. The molecule has 115 valence electrons. The average Bonchev–Trinajstić information content (AvgIpc) is 2.57. The highest BCUT2D eigenvalue weighted by molar-refractivity contribution is 5.22. The first-order valence-electron chi connectivity index (χ1n) is 8.19. The molecule has 0 saturated carbocycles. The van der Waals surface area contributed by atoms with E-state index in [-0.39, 0.29) is 6.17 Å². The molecule has 0 bridgehead atoms. The van der Waals surface area contributed by atoms with Gasteiger partial charge < -0.3 is 5.73 Å². The molecule has 2 aromatic rings. The van der Waals surface area contributed by atoms with Gasteiger partial charge in [0.2, 0.25) is 0 Å². The average molecular weight is 293 g/mol. The van der Waals surface area contributed by atoms with Crippen LogP contribution in [-0.2, 0) is 6.42 Å². The molecule has 2 N–H and O–H groups in total. The molecule has 3 atom stereocenters. The molecule has 0 amide bonds. The first kappa shape index (κ1) is 15.3. The van der Waals surface area contributed by atoms with Crippen LogP contribution in [0.5, 0.6) is 0 Å². The van der Waals surface area contributed by atoms with E-state index in [2.05, 4.69) is 78.9 Å². The van der Waals surface area contributed by atoms with Crippen molar-refractivity contribution in [3.63, 3.8) is 0 Å². The lowest BCUT2D eigenvalue weighted by Crippen LogP contribution is -2.50. The summed E-state index contributed by atoms with van der Waals surface area (Å²) >= 11 is 0. The number of nitrogens with two attached hydrogens (primary N) is 1. The molecule has 22 heavy (non-hydrogen) atoms. The van der Waals surface area contributed by atoms with Gasteiger partial charge in [-0.15, -0.1) is 0 Å². The van der Waals surface area contributed by atoms with E-state index < -0.39 is 0 Å². The molecular weight excluding hydrogens is 268 g/mol. The SMILES string of the molecule is CC1[CH]CC(N)N(CCc2ccccc2)C1c1ccccc1. The second-order valence-corrected chi connectivity index (χ2v) is 6.23. The lowest BCUT2D eigenvalue weighted by molar-refractivity contribution is 0.0762. The highest BCUT2D eigenvalue weighted by Crippen LogP contribution is 2.36. The standard InChI is InChI=1S/C20H25N2/c1-16-12-13-19(21)22(15-14-17-8-4-2-5-9-17)20(16)18-10-6-3-7-11-18/h2-12,16,19-20H,13-15,21H2,1H3. The fourth-order valence-corrected chi connectivity index (χ4v) is 3.48. The van der Waals surface area contributed by atoms with E-state index >= 15 is 0 Å². The summed E-state index contributed by atoms with van der Waals surface area (Å²) in [6, 6.07) is 21.8. The van der Waals surface area contributed by atoms with E-state index in [0.29, 0.717) is 12.0 Å². The van der Waals surface area contributed by atoms with Gasteiger partial charge in [0.25, 0.3) is 0 Å². The molecule has 0 aliphatic carbocycles. The summed E-state index contributed by atoms with van der Waals surface area (Å²) in [5.41, 5.74) is 9.18. The van der Waals surface area contributed by atoms with Crippen molar-refractivity contribution >= 4 is 0 Å². The van der Waals surface area contributed by atoms with Crippen LogP contribution >= 0.6 is 0 Å². The van der Waals surface area contributed by atoms with Crippen LogP contribution in [0.1, 0.15) is 30.5 Å². The normalized spacial score (nSPS) is 26.0. The van der Waals surface area contributed by atoms with Gasteiger partial charge >= 0.3 is 0 Å². The summed E-state index contributed by atoms with van der Waals surface area (Å²) in [7, 11) is 0. The number of nitrogens with zero attached hydrogens (tertiary/aromatic N) is 1. The Morgan fingerprint density at radius 2 is 1.64 bits per heavy atom. The molecule has 0 aromatic heterocycles. The quantitative estimate of drug-likeness (QED) is 0.929. The van der Waals surface area contributed by atoms with E-state index in [1.165, 1.54) is 11.1 Å². The number of likely N-dealkylation sites (tertiary alicyclic amines) is 1. The third kappa shape index (κ3) is 3.40. The topological polar surface area (TPSA) is 29.3 Å². The van der Waals surface area contributed by atoms with Gasteiger partial charge in [0.1, 0.15) is 0 Å². The first-order valence-corrected chi connectivity index (χ1v) is 8.19. The molecule has 1 saturated heterocycles. The van der Waals surface area contributed by atoms with E-state index in [9.17, 15) is 0 Å². The molecule has 1 fully saturated rings. The Kier molecular flexibility index (Phi) is 4.91. The van der Waals surface area contributed by atoms with E-state index in [1.807, 2.05) is 0 Å². The minimum absolute atomic E-state index is 0.116. The Hall–Kier alpha value is -1.64. The van der Waals surface area contributed by atoms with Gasteiger partial charge in [-0.2, -0.15) is 0 Å². The lowest BCUT2D eigenvalue weighted by atomic mass is 9.84. The predicted octanol–water partition coefficient (Wildman–Crippen LogP) is 3.80. The predicted molar refractivity (Wildman–Crippen MR) is 92.1 cm³/mol. The minimum atomic E-state index is 0.116. The molecular formula is C20H25N2. The van der Waals surface area contributed by atoms with Crippen LogP contribution < -0.4 is 5.73 Å². The Balaban J connectivity index is 1.78. The molecule has 1 aliphatic heterocycles. The molecule has 3 rings (SSSR count). The van der Waals surface area contributed by atoms with Crippen LogP contribution in [0, 0.1) is 12.3 Å². The number of benzene rings is 2. The second-order valence-electron chi connectivity index (χ2n) is 6.23. The number of rotatable bonds is 4. The fraction of sp³-hybridized carbons (Fsp3) is 0.350. The molecule has 1 aliphatic rings. The first-order chi connectivity index (χ1) is 10.8. The fourth-order valence-electron chi connectivity index (χ4n) is 3.48. The summed E-state index contributed by atoms with van der Waals surface area (Å²) in [4.78, 5) is 2.48. The highest BCUT2D eigenvalue weighted by Gasteiger charge is 2.34. The second kappa shape index (κ2) is 7.08. The van der Waals surface area contributed by atoms with Crippen molar-refractivity contribution in [3.05, 3.63) is 78.2 Å². The van der Waals surface area contributed by atoms with Crippen molar-refractivity contribution in [2.75, 3.05) is 6.54 Å². The molecule has 2 aromatic carbocycles. The van der Waals surface area contributed by atoms with Crippen LogP contribution in [0.15, 0.2) is 60.7 Å². The summed E-state index contributed by atoms with van der Waals surface area (Å²) in [6.45, 7) is 3.31. The van der Waals surface area contributed by atoms with Gasteiger partial charge in [-0.05, 0) is 36.3 Å². The number of piperidine rings is 1. The van der Waals surface area contributed by atoms with Gasteiger partial charge in [0, 0.05) is 12.6 Å². The van der Waals surface area contributed by atoms with Crippen molar-refractivity contribution in [2.24, 2.45) is 11.7 Å². The van der Waals surface area contributed by atoms with Crippen molar-refractivity contribution in [2.45, 2.75) is 32.0 Å². The summed E-state index contributed by atoms with van der Waals surface area (Å²) in [5.74, 6) is 0.526. The third-order valence-electron chi connectivity index (χ3n) is 4.67. The van der Waals surface area contributed by atoms with Crippen LogP contribution in [0.3, 0.4) is 0 Å². The lowest BCUT2D eigenvalue weighted by Gasteiger charge is -2.44. The van der Waals surface area contributed by atoms with Gasteiger partial charge in [0.05, 0.1) is 6.17 Å². The van der Waals surface area contributed by atoms with Gasteiger partial charge in [0.15, 0.2) is 0 Å². The van der Waals surface area contributed by atoms with Crippen molar-refractivity contribution in [1.29, 1.82) is 0 Å². The van der Waals surface area contributed by atoms with Gasteiger partial charge in [-0.25, -0.2) is 0 Å². The molecule has 1 heterocycles. The van der Waals surface area contributed by atoms with E-state index in [0.717, 1.165) is 19.4 Å². The summed E-state index contributed by atoms with van der Waals surface area (Å²) < 4.78 is 0. The Bertz CT molecular complexity index is 567. The maximum absolute atomic E-state index is 6.43. The summed E-state index contributed by atoms with van der Waals surface area (Å²) in [5, 5.41) is 0.